The fraction of sp³-hybridized carbons (Fsp3) is 0.379. The fourth-order valence-electron chi connectivity index (χ4n) is 7.95. The van der Waals surface area contributed by atoms with Gasteiger partial charge in [-0.2, -0.15) is 0 Å². The summed E-state index contributed by atoms with van der Waals surface area (Å²) in [5, 5.41) is 2.45. The normalized spacial score (nSPS) is 39.3. The average Bonchev–Trinajstić information content (AvgIpc) is 3.16. The van der Waals surface area contributed by atoms with Crippen molar-refractivity contribution in [2.24, 2.45) is 29.6 Å². The van der Waals surface area contributed by atoms with Gasteiger partial charge >= 0.3 is 0 Å². The maximum atomic E-state index is 6.44. The Morgan fingerprint density at radius 3 is 2.88 bits per heavy atom. The highest BCUT2D eigenvalue weighted by Gasteiger charge is 2.69. The third kappa shape index (κ3) is 1.83. The van der Waals surface area contributed by atoms with E-state index in [4.69, 9.17) is 4.42 Å². The molecule has 1 N–H and O–H groups in total. The Labute approximate surface area is 188 Å². The van der Waals surface area contributed by atoms with E-state index in [9.17, 15) is 0 Å². The molecular weight excluding hydrogens is 392 g/mol. The van der Waals surface area contributed by atoms with Gasteiger partial charge in [-0.25, -0.2) is 0 Å². The molecule has 3 aromatic rings. The monoisotopic (exact) mass is 420 g/mol. The van der Waals surface area contributed by atoms with Gasteiger partial charge in [0, 0.05) is 46.6 Å². The molecule has 0 amide bonds. The molecule has 4 heterocycles. The van der Waals surface area contributed by atoms with Crippen LogP contribution in [-0.2, 0) is 6.54 Å². The Morgan fingerprint density at radius 1 is 1.12 bits per heavy atom. The predicted molar refractivity (Wildman–Crippen MR) is 128 cm³/mol. The molecule has 0 radical (unpaired) electrons. The van der Waals surface area contributed by atoms with Gasteiger partial charge in [-0.1, -0.05) is 56.9 Å². The Morgan fingerprint density at radius 2 is 2.00 bits per heavy atom. The molecular formula is C29H28N2O. The lowest BCUT2D eigenvalue weighted by Gasteiger charge is -2.53. The second-order valence-corrected chi connectivity index (χ2v) is 11.0. The summed E-state index contributed by atoms with van der Waals surface area (Å²) in [7, 11) is 0. The van der Waals surface area contributed by atoms with E-state index >= 15 is 0 Å². The number of hydrogen-bond acceptors (Lipinski definition) is 2. The van der Waals surface area contributed by atoms with Crippen LogP contribution in [0.3, 0.4) is 0 Å². The van der Waals surface area contributed by atoms with Crippen molar-refractivity contribution < 1.29 is 4.42 Å². The average molecular weight is 421 g/mol. The van der Waals surface area contributed by atoms with Crippen LogP contribution in [-0.4, -0.2) is 15.4 Å². The van der Waals surface area contributed by atoms with Gasteiger partial charge in [0.1, 0.15) is 5.58 Å². The van der Waals surface area contributed by atoms with Crippen LogP contribution in [0.4, 0.5) is 0 Å². The lowest BCUT2D eigenvalue weighted by Crippen LogP contribution is -2.55. The van der Waals surface area contributed by atoms with Crippen LogP contribution in [0.2, 0.25) is 0 Å². The van der Waals surface area contributed by atoms with E-state index < -0.39 is 0 Å². The second-order valence-electron chi connectivity index (χ2n) is 11.0. The number of benzene rings is 1. The third-order valence-corrected chi connectivity index (χ3v) is 9.66. The Kier molecular flexibility index (Phi) is 2.99. The highest BCUT2D eigenvalue weighted by atomic mass is 16.3. The fourth-order valence-corrected chi connectivity index (χ4v) is 7.95. The number of furan rings is 1. The molecule has 0 spiro atoms. The number of aromatic amines is 1. The minimum Gasteiger partial charge on any atom is -0.439 e. The standard InChI is InChI=1S/C29H28N2O/c1-14-5-6-17-9-11-29(4)25(21(17)15(14)2)22-16(3)23(22)26-24-18(13-31(26)29)7-8-19-20-10-12-30-28(20)32-27(19)24/h5-12,14,16,22-23,25-26,30H,2,13H2,1,3-4H3. The Bertz CT molecular complexity index is 1460. The molecule has 1 saturated heterocycles. The highest BCUT2D eigenvalue weighted by molar-refractivity contribution is 6.05. The molecule has 8 rings (SSSR count). The molecule has 1 aromatic carbocycles. The second kappa shape index (κ2) is 5.40. The number of hydrogen-bond donors (Lipinski definition) is 1. The summed E-state index contributed by atoms with van der Waals surface area (Å²) >= 11 is 0. The summed E-state index contributed by atoms with van der Waals surface area (Å²) in [6, 6.07) is 7.21. The van der Waals surface area contributed by atoms with E-state index in [2.05, 4.69) is 79.7 Å². The third-order valence-electron chi connectivity index (χ3n) is 9.66. The summed E-state index contributed by atoms with van der Waals surface area (Å²) in [6.45, 7) is 12.8. The number of fused-ring (bicyclic) bond motifs is 13. The molecule has 2 fully saturated rings. The van der Waals surface area contributed by atoms with Crippen molar-refractivity contribution in [1.82, 2.24) is 9.88 Å². The van der Waals surface area contributed by atoms with E-state index in [1.54, 1.807) is 0 Å². The maximum absolute atomic E-state index is 6.44. The number of rotatable bonds is 0. The van der Waals surface area contributed by atoms with E-state index in [1.807, 2.05) is 6.20 Å². The molecule has 2 aromatic heterocycles. The number of piperidine rings is 1. The number of nitrogens with one attached hydrogen (secondary N) is 1. The topological polar surface area (TPSA) is 32.2 Å². The van der Waals surface area contributed by atoms with Crippen LogP contribution in [0, 0.1) is 29.6 Å². The van der Waals surface area contributed by atoms with Crippen molar-refractivity contribution in [3.05, 3.63) is 83.1 Å². The number of nitrogens with zero attached hydrogens (tertiary/aromatic N) is 1. The van der Waals surface area contributed by atoms with Crippen molar-refractivity contribution in [2.45, 2.75) is 38.9 Å². The zero-order valence-electron chi connectivity index (χ0n) is 18.9. The number of allylic oxidation sites excluding steroid dienone is 5. The van der Waals surface area contributed by atoms with Crippen molar-refractivity contribution in [3.8, 4) is 0 Å². The molecule has 2 aliphatic heterocycles. The van der Waals surface area contributed by atoms with Gasteiger partial charge in [-0.05, 0) is 58.9 Å². The van der Waals surface area contributed by atoms with Gasteiger partial charge in [-0.3, -0.25) is 4.90 Å². The first-order valence-electron chi connectivity index (χ1n) is 12.1. The van der Waals surface area contributed by atoms with Gasteiger partial charge in [0.25, 0.3) is 0 Å². The van der Waals surface area contributed by atoms with Crippen LogP contribution >= 0.6 is 0 Å². The molecule has 7 atom stereocenters. The lowest BCUT2D eigenvalue weighted by atomic mass is 9.63. The molecule has 5 aliphatic rings. The molecule has 32 heavy (non-hydrogen) atoms. The van der Waals surface area contributed by atoms with E-state index in [0.29, 0.717) is 35.6 Å². The summed E-state index contributed by atoms with van der Waals surface area (Å²) < 4.78 is 6.44. The summed E-state index contributed by atoms with van der Waals surface area (Å²) in [5.74, 6) is 3.04. The lowest BCUT2D eigenvalue weighted by molar-refractivity contribution is 0.00817. The van der Waals surface area contributed by atoms with Crippen molar-refractivity contribution >= 4 is 22.1 Å². The van der Waals surface area contributed by atoms with Crippen molar-refractivity contribution in [2.75, 3.05) is 0 Å². The van der Waals surface area contributed by atoms with Gasteiger partial charge in [0.2, 0.25) is 5.71 Å². The Balaban J connectivity index is 1.34. The summed E-state index contributed by atoms with van der Waals surface area (Å²) in [6.07, 6.45) is 11.5. The largest absolute Gasteiger partial charge is 0.439 e. The maximum Gasteiger partial charge on any atom is 0.205 e. The van der Waals surface area contributed by atoms with E-state index in [-0.39, 0.29) is 5.54 Å². The molecule has 160 valence electrons. The van der Waals surface area contributed by atoms with Crippen LogP contribution in [0.1, 0.15) is 37.9 Å². The highest BCUT2D eigenvalue weighted by Crippen LogP contribution is 2.71. The molecule has 0 bridgehead atoms. The molecule has 3 heteroatoms. The first-order chi connectivity index (χ1) is 15.5. The van der Waals surface area contributed by atoms with Gasteiger partial charge in [0.05, 0.1) is 0 Å². The smallest absolute Gasteiger partial charge is 0.205 e. The van der Waals surface area contributed by atoms with Crippen LogP contribution < -0.4 is 0 Å². The van der Waals surface area contributed by atoms with E-state index in [0.717, 1.165) is 17.8 Å². The summed E-state index contributed by atoms with van der Waals surface area (Å²) in [5.41, 5.74) is 9.17. The number of H-pyrrole nitrogens is 1. The zero-order valence-corrected chi connectivity index (χ0v) is 18.9. The molecule has 3 nitrogen and oxygen atoms in total. The minimum absolute atomic E-state index is 0.00207. The minimum atomic E-state index is 0.00207. The zero-order chi connectivity index (χ0) is 21.5. The predicted octanol–water partition coefficient (Wildman–Crippen LogP) is 6.67. The van der Waals surface area contributed by atoms with E-state index in [1.165, 1.54) is 38.6 Å². The molecule has 1 saturated carbocycles. The van der Waals surface area contributed by atoms with Gasteiger partial charge in [0.15, 0.2) is 0 Å². The van der Waals surface area contributed by atoms with Crippen LogP contribution in [0.5, 0.6) is 0 Å². The van der Waals surface area contributed by atoms with Gasteiger partial charge < -0.3 is 9.40 Å². The van der Waals surface area contributed by atoms with Crippen molar-refractivity contribution in [1.29, 1.82) is 0 Å². The SMILES string of the molecule is C=C1C2=C(C=CC1C)C=CC1(C)C2C2C(C)C2C2c3c(ccc4c3oc3[nH]ccc34)CN21. The first-order valence-corrected chi connectivity index (χ1v) is 12.1. The van der Waals surface area contributed by atoms with Crippen LogP contribution in [0.15, 0.2) is 76.4 Å². The van der Waals surface area contributed by atoms with Crippen molar-refractivity contribution in [3.63, 3.8) is 0 Å². The van der Waals surface area contributed by atoms with Crippen LogP contribution in [0.25, 0.3) is 22.1 Å². The summed E-state index contributed by atoms with van der Waals surface area (Å²) in [4.78, 5) is 6.09. The molecule has 3 aliphatic carbocycles. The Hall–Kier alpha value is -2.78. The number of aromatic nitrogens is 1. The first kappa shape index (κ1) is 17.7. The van der Waals surface area contributed by atoms with Gasteiger partial charge in [-0.15, -0.1) is 0 Å². The quantitative estimate of drug-likeness (QED) is 0.440. The molecule has 7 unspecified atom stereocenters.